The van der Waals surface area contributed by atoms with Crippen LogP contribution in [0.25, 0.3) is 0 Å². The van der Waals surface area contributed by atoms with E-state index in [0.717, 1.165) is 11.3 Å². The largest absolute Gasteiger partial charge is 0.377 e. The summed E-state index contributed by atoms with van der Waals surface area (Å²) in [5, 5.41) is 7.32. The topological polar surface area (TPSA) is 98.4 Å². The van der Waals surface area contributed by atoms with Crippen molar-refractivity contribution in [2.45, 2.75) is 6.04 Å². The zero-order valence-electron chi connectivity index (χ0n) is 8.63. The maximum atomic E-state index is 12.0. The molecular formula is C8H9ClN4O3S. The second kappa shape index (κ2) is 4.94. The Morgan fingerprint density at radius 3 is 2.88 bits per heavy atom. The van der Waals surface area contributed by atoms with E-state index in [1.54, 1.807) is 0 Å². The molecule has 1 aromatic heterocycles. The Labute approximate surface area is 106 Å². The zero-order chi connectivity index (χ0) is 12.4. The molecule has 0 spiro atoms. The smallest absolute Gasteiger partial charge is 0.285 e. The highest BCUT2D eigenvalue weighted by Crippen LogP contribution is 2.18. The number of carbonyl (C=O) groups is 2. The molecule has 1 saturated heterocycles. The molecule has 9 heteroatoms. The minimum absolute atomic E-state index is 0.105. The van der Waals surface area contributed by atoms with Gasteiger partial charge in [-0.1, -0.05) is 11.3 Å². The van der Waals surface area contributed by atoms with Crippen LogP contribution in [0.15, 0.2) is 0 Å². The number of nitrogens with zero attached hydrogens (tertiary/aromatic N) is 3. The first kappa shape index (κ1) is 12.2. The molecule has 2 N–H and O–H groups in total. The molecule has 2 heterocycles. The molecule has 0 aliphatic carbocycles. The summed E-state index contributed by atoms with van der Waals surface area (Å²) in [4.78, 5) is 24.6. The molecule has 1 atom stereocenters. The first-order chi connectivity index (χ1) is 8.09. The maximum absolute atomic E-state index is 12.0. The average Bonchev–Trinajstić information content (AvgIpc) is 2.75. The summed E-state index contributed by atoms with van der Waals surface area (Å²) in [7, 11) is 0. The number of amides is 2. The highest BCUT2D eigenvalue weighted by atomic mass is 35.5. The van der Waals surface area contributed by atoms with Gasteiger partial charge >= 0.3 is 0 Å². The number of hydrogen-bond acceptors (Lipinski definition) is 6. The summed E-state index contributed by atoms with van der Waals surface area (Å²) >= 11 is 6.56. The molecule has 1 unspecified atom stereocenters. The second-order valence-corrected chi connectivity index (χ2v) is 4.91. The Kier molecular flexibility index (Phi) is 3.55. The molecular weight excluding hydrogens is 268 g/mol. The van der Waals surface area contributed by atoms with Gasteiger partial charge in [0.25, 0.3) is 5.91 Å². The van der Waals surface area contributed by atoms with E-state index >= 15 is 0 Å². The van der Waals surface area contributed by atoms with E-state index in [2.05, 4.69) is 10.2 Å². The average molecular weight is 277 g/mol. The van der Waals surface area contributed by atoms with Crippen molar-refractivity contribution in [1.29, 1.82) is 0 Å². The molecule has 1 aromatic rings. The van der Waals surface area contributed by atoms with Gasteiger partial charge in [0.15, 0.2) is 0 Å². The quantitative estimate of drug-likeness (QED) is 0.786. The van der Waals surface area contributed by atoms with Crippen LogP contribution in [0, 0.1) is 0 Å². The van der Waals surface area contributed by atoms with Gasteiger partial charge in [-0.3, -0.25) is 9.59 Å². The normalized spacial score (nSPS) is 20.3. The Morgan fingerprint density at radius 2 is 2.29 bits per heavy atom. The van der Waals surface area contributed by atoms with Crippen LogP contribution in [0.5, 0.6) is 0 Å². The molecule has 0 aromatic carbocycles. The van der Waals surface area contributed by atoms with Crippen molar-refractivity contribution in [3.8, 4) is 0 Å². The van der Waals surface area contributed by atoms with Crippen LogP contribution in [0.4, 0.5) is 0 Å². The fraction of sp³-hybridized carbons (Fsp3) is 0.500. The Balaban J connectivity index is 2.19. The number of halogens is 1. The van der Waals surface area contributed by atoms with Crippen molar-refractivity contribution < 1.29 is 14.3 Å². The Hall–Kier alpha value is -1.25. The van der Waals surface area contributed by atoms with E-state index in [4.69, 9.17) is 22.1 Å². The highest BCUT2D eigenvalue weighted by Gasteiger charge is 2.33. The predicted molar refractivity (Wildman–Crippen MR) is 59.8 cm³/mol. The molecule has 92 valence electrons. The van der Waals surface area contributed by atoms with Gasteiger partial charge in [0.1, 0.15) is 6.04 Å². The fourth-order valence-electron chi connectivity index (χ4n) is 1.50. The molecule has 1 aliphatic heterocycles. The SMILES string of the molecule is NC(=O)C1COCCN1C(=O)c1nnc(Cl)s1. The summed E-state index contributed by atoms with van der Waals surface area (Å²) in [6.07, 6.45) is 0. The highest BCUT2D eigenvalue weighted by molar-refractivity contribution is 7.17. The molecule has 0 saturated carbocycles. The third-order valence-corrected chi connectivity index (χ3v) is 3.31. The van der Waals surface area contributed by atoms with Gasteiger partial charge in [-0.2, -0.15) is 0 Å². The molecule has 17 heavy (non-hydrogen) atoms. The Morgan fingerprint density at radius 1 is 1.53 bits per heavy atom. The summed E-state index contributed by atoms with van der Waals surface area (Å²) in [6, 6.07) is -0.765. The van der Waals surface area contributed by atoms with Gasteiger partial charge in [0.05, 0.1) is 13.2 Å². The number of morpholine rings is 1. The second-order valence-electron chi connectivity index (χ2n) is 3.35. The lowest BCUT2D eigenvalue weighted by molar-refractivity contribution is -0.127. The molecule has 1 fully saturated rings. The van der Waals surface area contributed by atoms with Gasteiger partial charge < -0.3 is 15.4 Å². The first-order valence-electron chi connectivity index (χ1n) is 4.76. The maximum Gasteiger partial charge on any atom is 0.285 e. The predicted octanol–water partition coefficient (Wildman–Crippen LogP) is -0.482. The molecule has 0 bridgehead atoms. The lowest BCUT2D eigenvalue weighted by Crippen LogP contribution is -2.54. The van der Waals surface area contributed by atoms with Gasteiger partial charge in [0.2, 0.25) is 15.4 Å². The summed E-state index contributed by atoms with van der Waals surface area (Å²) < 4.78 is 5.29. The number of hydrogen-bond donors (Lipinski definition) is 1. The van der Waals surface area contributed by atoms with Crippen LogP contribution in [-0.2, 0) is 9.53 Å². The van der Waals surface area contributed by atoms with E-state index in [9.17, 15) is 9.59 Å². The lowest BCUT2D eigenvalue weighted by Gasteiger charge is -2.32. The monoisotopic (exact) mass is 276 g/mol. The molecule has 2 rings (SSSR count). The van der Waals surface area contributed by atoms with Gasteiger partial charge in [-0.15, -0.1) is 10.2 Å². The number of carbonyl (C=O) groups excluding carboxylic acids is 2. The fourth-order valence-corrected chi connectivity index (χ4v) is 2.28. The van der Waals surface area contributed by atoms with E-state index < -0.39 is 17.9 Å². The van der Waals surface area contributed by atoms with E-state index in [-0.39, 0.29) is 16.1 Å². The van der Waals surface area contributed by atoms with Crippen molar-refractivity contribution in [2.75, 3.05) is 19.8 Å². The minimum Gasteiger partial charge on any atom is -0.377 e. The minimum atomic E-state index is -0.765. The Bertz CT molecular complexity index is 452. The van der Waals surface area contributed by atoms with Crippen LogP contribution in [0.1, 0.15) is 9.80 Å². The first-order valence-corrected chi connectivity index (χ1v) is 5.96. The van der Waals surface area contributed by atoms with E-state index in [0.29, 0.717) is 13.2 Å². The number of ether oxygens (including phenoxy) is 1. The van der Waals surface area contributed by atoms with Crippen molar-refractivity contribution in [2.24, 2.45) is 5.73 Å². The number of nitrogens with two attached hydrogens (primary N) is 1. The standard InChI is InChI=1S/C8H9ClN4O3S/c9-8-12-11-6(17-8)7(15)13-1-2-16-3-4(13)5(10)14/h4H,1-3H2,(H2,10,14). The molecule has 7 nitrogen and oxygen atoms in total. The zero-order valence-corrected chi connectivity index (χ0v) is 10.2. The molecule has 0 radical (unpaired) electrons. The summed E-state index contributed by atoms with van der Waals surface area (Å²) in [5.41, 5.74) is 5.21. The van der Waals surface area contributed by atoms with Crippen molar-refractivity contribution in [1.82, 2.24) is 15.1 Å². The lowest BCUT2D eigenvalue weighted by atomic mass is 10.2. The van der Waals surface area contributed by atoms with Crippen molar-refractivity contribution >= 4 is 34.8 Å². The number of rotatable bonds is 2. The number of aromatic nitrogens is 2. The van der Waals surface area contributed by atoms with Gasteiger partial charge in [-0.25, -0.2) is 0 Å². The van der Waals surface area contributed by atoms with Crippen LogP contribution in [-0.4, -0.2) is 52.7 Å². The van der Waals surface area contributed by atoms with Crippen molar-refractivity contribution in [3.63, 3.8) is 0 Å². The number of primary amides is 1. The van der Waals surface area contributed by atoms with Gasteiger partial charge in [-0.05, 0) is 11.6 Å². The van der Waals surface area contributed by atoms with Crippen LogP contribution >= 0.6 is 22.9 Å². The van der Waals surface area contributed by atoms with Crippen LogP contribution in [0.3, 0.4) is 0 Å². The summed E-state index contributed by atoms with van der Waals surface area (Å²) in [6.45, 7) is 0.763. The third-order valence-electron chi connectivity index (χ3n) is 2.30. The third kappa shape index (κ3) is 2.54. The van der Waals surface area contributed by atoms with Gasteiger partial charge in [0, 0.05) is 6.54 Å². The molecule has 1 aliphatic rings. The summed E-state index contributed by atoms with van der Waals surface area (Å²) in [5.74, 6) is -1.00. The van der Waals surface area contributed by atoms with E-state index in [1.807, 2.05) is 0 Å². The van der Waals surface area contributed by atoms with E-state index in [1.165, 1.54) is 4.90 Å². The molecule has 2 amide bonds. The van der Waals surface area contributed by atoms with Crippen molar-refractivity contribution in [3.05, 3.63) is 9.47 Å². The van der Waals surface area contributed by atoms with Crippen LogP contribution in [0.2, 0.25) is 4.47 Å². The van der Waals surface area contributed by atoms with Crippen LogP contribution < -0.4 is 5.73 Å².